The molecule has 0 saturated heterocycles. The summed E-state index contributed by atoms with van der Waals surface area (Å²) < 4.78 is 6.19. The highest BCUT2D eigenvalue weighted by Gasteiger charge is 2.11. The normalized spacial score (nSPS) is 10.4. The molecule has 0 saturated carbocycles. The highest BCUT2D eigenvalue weighted by molar-refractivity contribution is 9.10. The van der Waals surface area contributed by atoms with Crippen LogP contribution in [0.5, 0.6) is 5.75 Å². The van der Waals surface area contributed by atoms with Crippen LogP contribution in [0.1, 0.15) is 12.5 Å². The van der Waals surface area contributed by atoms with Gasteiger partial charge >= 0.3 is 0 Å². The fourth-order valence-electron chi connectivity index (χ4n) is 1.87. The first-order chi connectivity index (χ1) is 8.67. The molecule has 1 aromatic carbocycles. The van der Waals surface area contributed by atoms with Crippen molar-refractivity contribution >= 4 is 15.9 Å². The van der Waals surface area contributed by atoms with Gasteiger partial charge in [0.2, 0.25) is 0 Å². The average molecular weight is 309 g/mol. The second-order valence-electron chi connectivity index (χ2n) is 3.80. The van der Waals surface area contributed by atoms with Crippen LogP contribution in [-0.4, -0.2) is 17.3 Å². The number of halogens is 1. The van der Waals surface area contributed by atoms with Gasteiger partial charge in [0.1, 0.15) is 5.75 Å². The lowest BCUT2D eigenvalue weighted by Crippen LogP contribution is -2.09. The number of H-pyrrole nitrogens is 1. The van der Waals surface area contributed by atoms with Gasteiger partial charge in [-0.1, -0.05) is 6.92 Å². The Labute approximate surface area is 113 Å². The van der Waals surface area contributed by atoms with Gasteiger partial charge in [-0.25, -0.2) is 5.10 Å². The minimum absolute atomic E-state index is 0.198. The van der Waals surface area contributed by atoms with Crippen LogP contribution in [0.2, 0.25) is 0 Å². The molecule has 0 amide bonds. The number of rotatable bonds is 3. The molecular weight excluding hydrogens is 296 g/mol. The second-order valence-corrected chi connectivity index (χ2v) is 4.66. The molecule has 1 aromatic heterocycles. The van der Waals surface area contributed by atoms with E-state index in [0.29, 0.717) is 5.56 Å². The smallest absolute Gasteiger partial charge is 0.272 e. The molecule has 1 N–H and O–H groups in total. The van der Waals surface area contributed by atoms with Crippen molar-refractivity contribution in [1.29, 1.82) is 0 Å². The fraction of sp³-hybridized carbons (Fsp3) is 0.231. The fourth-order valence-corrected chi connectivity index (χ4v) is 2.53. The van der Waals surface area contributed by atoms with Crippen molar-refractivity contribution in [3.63, 3.8) is 0 Å². The SMILES string of the molecule is CCc1cc(-c2ccn[nH]c2=O)cc(Br)c1OC. The number of aryl methyl sites for hydroxylation is 1. The van der Waals surface area contributed by atoms with Gasteiger partial charge in [-0.2, -0.15) is 5.10 Å². The first-order valence-electron chi connectivity index (χ1n) is 5.57. The Kier molecular flexibility index (Phi) is 3.81. The van der Waals surface area contributed by atoms with E-state index in [9.17, 15) is 4.79 Å². The minimum Gasteiger partial charge on any atom is -0.495 e. The summed E-state index contributed by atoms with van der Waals surface area (Å²) in [6, 6.07) is 5.54. The van der Waals surface area contributed by atoms with Gasteiger partial charge in [0, 0.05) is 6.20 Å². The Morgan fingerprint density at radius 3 is 2.83 bits per heavy atom. The summed E-state index contributed by atoms with van der Waals surface area (Å²) >= 11 is 3.47. The number of benzene rings is 1. The zero-order valence-corrected chi connectivity index (χ0v) is 11.7. The van der Waals surface area contributed by atoms with Crippen LogP contribution in [0, 0.1) is 0 Å². The number of nitrogens with zero attached hydrogens (tertiary/aromatic N) is 1. The summed E-state index contributed by atoms with van der Waals surface area (Å²) in [6.07, 6.45) is 2.40. The van der Waals surface area contributed by atoms with Gasteiger partial charge in [0.05, 0.1) is 17.1 Å². The van der Waals surface area contributed by atoms with Crippen LogP contribution in [0.3, 0.4) is 0 Å². The van der Waals surface area contributed by atoms with Gasteiger partial charge in [-0.15, -0.1) is 0 Å². The van der Waals surface area contributed by atoms with Gasteiger partial charge in [0.25, 0.3) is 5.56 Å². The maximum absolute atomic E-state index is 11.7. The molecular formula is C13H13BrN2O2. The number of hydrogen-bond acceptors (Lipinski definition) is 3. The van der Waals surface area contributed by atoms with E-state index >= 15 is 0 Å². The molecule has 0 unspecified atom stereocenters. The molecule has 0 spiro atoms. The predicted molar refractivity (Wildman–Crippen MR) is 73.9 cm³/mol. The third-order valence-corrected chi connectivity index (χ3v) is 3.33. The third kappa shape index (κ3) is 2.31. The first kappa shape index (κ1) is 12.8. The molecule has 2 rings (SSSR count). The van der Waals surface area contributed by atoms with Crippen LogP contribution in [0.4, 0.5) is 0 Å². The van der Waals surface area contributed by atoms with Crippen molar-refractivity contribution in [2.75, 3.05) is 7.11 Å². The van der Waals surface area contributed by atoms with Crippen LogP contribution in [0.25, 0.3) is 11.1 Å². The molecule has 0 fully saturated rings. The number of nitrogens with one attached hydrogen (secondary N) is 1. The molecule has 1 heterocycles. The van der Waals surface area contributed by atoms with E-state index in [1.165, 1.54) is 0 Å². The standard InChI is InChI=1S/C13H13BrN2O2/c1-3-8-6-9(7-11(14)12(8)18-2)10-4-5-15-16-13(10)17/h4-7H,3H2,1-2H3,(H,16,17). The third-order valence-electron chi connectivity index (χ3n) is 2.74. The molecule has 4 nitrogen and oxygen atoms in total. The Bertz CT molecular complexity index is 623. The summed E-state index contributed by atoms with van der Waals surface area (Å²) in [6.45, 7) is 2.05. The highest BCUT2D eigenvalue weighted by atomic mass is 79.9. The van der Waals surface area contributed by atoms with Crippen molar-refractivity contribution < 1.29 is 4.74 Å². The Balaban J connectivity index is 2.64. The van der Waals surface area contributed by atoms with E-state index < -0.39 is 0 Å². The average Bonchev–Trinajstić information content (AvgIpc) is 2.38. The van der Waals surface area contributed by atoms with Gasteiger partial charge in [-0.3, -0.25) is 4.79 Å². The number of methoxy groups -OCH3 is 1. The maximum atomic E-state index is 11.7. The lowest BCUT2D eigenvalue weighted by atomic mass is 10.0. The monoisotopic (exact) mass is 308 g/mol. The molecule has 0 bridgehead atoms. The number of aromatic amines is 1. The van der Waals surface area contributed by atoms with Crippen LogP contribution in [0.15, 0.2) is 33.7 Å². The van der Waals surface area contributed by atoms with Crippen molar-refractivity contribution in [3.8, 4) is 16.9 Å². The summed E-state index contributed by atoms with van der Waals surface area (Å²) in [7, 11) is 1.64. The highest BCUT2D eigenvalue weighted by Crippen LogP contribution is 2.33. The summed E-state index contributed by atoms with van der Waals surface area (Å²) in [5.74, 6) is 0.812. The van der Waals surface area contributed by atoms with Gasteiger partial charge in [0.15, 0.2) is 0 Å². The van der Waals surface area contributed by atoms with E-state index in [1.807, 2.05) is 19.1 Å². The second kappa shape index (κ2) is 5.35. The number of aromatic nitrogens is 2. The molecule has 2 aromatic rings. The minimum atomic E-state index is -0.198. The quantitative estimate of drug-likeness (QED) is 0.948. The topological polar surface area (TPSA) is 55.0 Å². The summed E-state index contributed by atoms with van der Waals surface area (Å²) in [4.78, 5) is 11.7. The van der Waals surface area contributed by atoms with E-state index in [4.69, 9.17) is 4.74 Å². The molecule has 0 aliphatic carbocycles. The molecule has 0 aliphatic heterocycles. The lowest BCUT2D eigenvalue weighted by molar-refractivity contribution is 0.407. The predicted octanol–water partition coefficient (Wildman–Crippen LogP) is 2.77. The zero-order chi connectivity index (χ0) is 13.1. The van der Waals surface area contributed by atoms with Crippen molar-refractivity contribution in [2.45, 2.75) is 13.3 Å². The number of ether oxygens (including phenoxy) is 1. The van der Waals surface area contributed by atoms with Gasteiger partial charge < -0.3 is 4.74 Å². The number of hydrogen-bond donors (Lipinski definition) is 1. The molecule has 0 aliphatic rings. The zero-order valence-electron chi connectivity index (χ0n) is 10.2. The molecule has 18 heavy (non-hydrogen) atoms. The van der Waals surface area contributed by atoms with E-state index in [1.54, 1.807) is 19.4 Å². The Hall–Kier alpha value is -1.62. The summed E-state index contributed by atoms with van der Waals surface area (Å²) in [5.41, 5.74) is 2.31. The van der Waals surface area contributed by atoms with Crippen molar-refractivity contribution in [2.24, 2.45) is 0 Å². The van der Waals surface area contributed by atoms with Crippen molar-refractivity contribution in [1.82, 2.24) is 10.2 Å². The molecule has 94 valence electrons. The summed E-state index contributed by atoms with van der Waals surface area (Å²) in [5, 5.41) is 6.13. The lowest BCUT2D eigenvalue weighted by Gasteiger charge is -2.11. The molecule has 0 atom stereocenters. The van der Waals surface area contributed by atoms with Crippen LogP contribution in [-0.2, 0) is 6.42 Å². The molecule has 0 radical (unpaired) electrons. The first-order valence-corrected chi connectivity index (χ1v) is 6.37. The van der Waals surface area contributed by atoms with Crippen molar-refractivity contribution in [3.05, 3.63) is 44.8 Å². The Morgan fingerprint density at radius 1 is 1.44 bits per heavy atom. The van der Waals surface area contributed by atoms with Gasteiger partial charge in [-0.05, 0) is 51.7 Å². The largest absolute Gasteiger partial charge is 0.495 e. The maximum Gasteiger partial charge on any atom is 0.272 e. The van der Waals surface area contributed by atoms with E-state index in [2.05, 4.69) is 26.1 Å². The Morgan fingerprint density at radius 2 is 2.22 bits per heavy atom. The van der Waals surface area contributed by atoms with Crippen LogP contribution >= 0.6 is 15.9 Å². The molecule has 5 heteroatoms. The van der Waals surface area contributed by atoms with E-state index in [-0.39, 0.29) is 5.56 Å². The van der Waals surface area contributed by atoms with Crippen LogP contribution < -0.4 is 10.3 Å². The van der Waals surface area contributed by atoms with E-state index in [0.717, 1.165) is 27.8 Å².